The number of nitrogens with one attached hydrogen (secondary N) is 1. The minimum Gasteiger partial charge on any atom is -0.388 e. The molecule has 2 N–H and O–H groups in total. The molecule has 1 amide bonds. The first-order valence-corrected chi connectivity index (χ1v) is 6.20. The molecule has 8 nitrogen and oxygen atoms in total. The number of hydrogen-bond donors (Lipinski definition) is 2. The number of tetrazole rings is 1. The van der Waals surface area contributed by atoms with Gasteiger partial charge < -0.3 is 15.2 Å². The van der Waals surface area contributed by atoms with Gasteiger partial charge >= 0.3 is 0 Å². The maximum absolute atomic E-state index is 11.8. The Morgan fingerprint density at radius 3 is 2.79 bits per heavy atom. The second-order valence-electron chi connectivity index (χ2n) is 5.67. The molecule has 1 aliphatic heterocycles. The van der Waals surface area contributed by atoms with Crippen molar-refractivity contribution in [2.75, 3.05) is 13.2 Å². The van der Waals surface area contributed by atoms with E-state index in [0.717, 1.165) is 0 Å². The second kappa shape index (κ2) is 5.22. The predicted octanol–water partition coefficient (Wildman–Crippen LogP) is -1.15. The molecular weight excluding hydrogens is 250 g/mol. The monoisotopic (exact) mass is 269 g/mol. The van der Waals surface area contributed by atoms with Crippen LogP contribution in [0.1, 0.15) is 26.6 Å². The van der Waals surface area contributed by atoms with E-state index in [9.17, 15) is 9.90 Å². The number of aromatic nitrogens is 4. The van der Waals surface area contributed by atoms with Crippen molar-refractivity contribution in [3.63, 3.8) is 0 Å². The van der Waals surface area contributed by atoms with Gasteiger partial charge in [0.1, 0.15) is 6.54 Å². The normalized spacial score (nSPS) is 23.6. The molecule has 2 rings (SSSR count). The van der Waals surface area contributed by atoms with Crippen LogP contribution in [-0.2, 0) is 21.5 Å². The quantitative estimate of drug-likeness (QED) is 0.718. The number of aliphatic hydroxyl groups excluding tert-OH is 1. The van der Waals surface area contributed by atoms with Gasteiger partial charge in [-0.3, -0.25) is 4.79 Å². The molecule has 1 aromatic heterocycles. The Hall–Kier alpha value is -1.54. The van der Waals surface area contributed by atoms with Gasteiger partial charge in [-0.1, -0.05) is 20.8 Å². The number of carbonyl (C=O) groups is 1. The number of nitrogens with zero attached hydrogens (tertiary/aromatic N) is 4. The molecule has 2 heterocycles. The van der Waals surface area contributed by atoms with E-state index in [4.69, 9.17) is 4.74 Å². The van der Waals surface area contributed by atoms with Crippen LogP contribution in [-0.4, -0.2) is 56.6 Å². The molecule has 2 atom stereocenters. The third kappa shape index (κ3) is 3.48. The average Bonchev–Trinajstić information content (AvgIpc) is 2.88. The fraction of sp³-hybridized carbons (Fsp3) is 0.818. The van der Waals surface area contributed by atoms with Crippen molar-refractivity contribution in [3.8, 4) is 0 Å². The first-order valence-electron chi connectivity index (χ1n) is 6.20. The topological polar surface area (TPSA) is 102 Å². The molecule has 0 aromatic carbocycles. The Morgan fingerprint density at radius 2 is 2.26 bits per heavy atom. The number of carbonyl (C=O) groups excluding carboxylic acids is 1. The first kappa shape index (κ1) is 13.9. The van der Waals surface area contributed by atoms with Gasteiger partial charge in [0, 0.05) is 5.41 Å². The van der Waals surface area contributed by atoms with E-state index in [1.165, 1.54) is 4.80 Å². The van der Waals surface area contributed by atoms with Crippen LogP contribution in [0.15, 0.2) is 0 Å². The third-order valence-corrected chi connectivity index (χ3v) is 2.81. The molecule has 1 aliphatic rings. The summed E-state index contributed by atoms with van der Waals surface area (Å²) in [6, 6.07) is -0.363. The smallest absolute Gasteiger partial charge is 0.244 e. The van der Waals surface area contributed by atoms with Gasteiger partial charge in [-0.25, -0.2) is 0 Å². The maximum atomic E-state index is 11.8. The van der Waals surface area contributed by atoms with Crippen molar-refractivity contribution in [2.24, 2.45) is 0 Å². The van der Waals surface area contributed by atoms with Gasteiger partial charge in [-0.15, -0.1) is 10.2 Å². The lowest BCUT2D eigenvalue weighted by Crippen LogP contribution is -2.44. The highest BCUT2D eigenvalue weighted by molar-refractivity contribution is 5.75. The maximum Gasteiger partial charge on any atom is 0.244 e. The van der Waals surface area contributed by atoms with Crippen molar-refractivity contribution >= 4 is 5.91 Å². The highest BCUT2D eigenvalue weighted by Crippen LogP contribution is 2.16. The van der Waals surface area contributed by atoms with Crippen molar-refractivity contribution in [3.05, 3.63) is 5.82 Å². The van der Waals surface area contributed by atoms with E-state index in [0.29, 0.717) is 12.4 Å². The molecule has 8 heteroatoms. The first-order chi connectivity index (χ1) is 8.86. The molecule has 1 saturated heterocycles. The number of rotatable bonds is 3. The van der Waals surface area contributed by atoms with Crippen LogP contribution in [0.2, 0.25) is 0 Å². The van der Waals surface area contributed by atoms with E-state index in [2.05, 4.69) is 20.7 Å². The molecule has 1 aromatic rings. The van der Waals surface area contributed by atoms with Crippen molar-refractivity contribution < 1.29 is 14.6 Å². The van der Waals surface area contributed by atoms with Crippen LogP contribution >= 0.6 is 0 Å². The Labute approximate surface area is 111 Å². The van der Waals surface area contributed by atoms with Gasteiger partial charge in [0.05, 0.1) is 25.4 Å². The average molecular weight is 269 g/mol. The van der Waals surface area contributed by atoms with Crippen LogP contribution in [0.4, 0.5) is 0 Å². The molecule has 1 fully saturated rings. The van der Waals surface area contributed by atoms with E-state index in [-0.39, 0.29) is 30.5 Å². The molecule has 0 aliphatic carbocycles. The summed E-state index contributed by atoms with van der Waals surface area (Å²) < 4.78 is 5.05. The predicted molar refractivity (Wildman–Crippen MR) is 65.3 cm³/mol. The number of amides is 1. The minimum atomic E-state index is -0.655. The highest BCUT2D eigenvalue weighted by Gasteiger charge is 2.28. The lowest BCUT2D eigenvalue weighted by molar-refractivity contribution is -0.123. The Kier molecular flexibility index (Phi) is 3.81. The lowest BCUT2D eigenvalue weighted by atomic mass is 9.96. The van der Waals surface area contributed by atoms with Gasteiger partial charge in [-0.05, 0) is 5.21 Å². The number of hydrogen-bond acceptors (Lipinski definition) is 6. The summed E-state index contributed by atoms with van der Waals surface area (Å²) in [5.74, 6) is 0.317. The van der Waals surface area contributed by atoms with Crippen LogP contribution in [0.3, 0.4) is 0 Å². The standard InChI is InChI=1S/C11H19N5O3/c1-11(2,3)10-13-15-16(14-10)4-9(18)12-7-5-19-6-8(7)17/h7-8,17H,4-6H2,1-3H3,(H,12,18)/t7-,8+/m1/s1. The summed E-state index contributed by atoms with van der Waals surface area (Å²) in [7, 11) is 0. The Balaban J connectivity index is 1.90. The van der Waals surface area contributed by atoms with Crippen molar-refractivity contribution in [2.45, 2.75) is 44.9 Å². The van der Waals surface area contributed by atoms with Gasteiger partial charge in [0.2, 0.25) is 5.91 Å². The van der Waals surface area contributed by atoms with E-state index in [1.807, 2.05) is 20.8 Å². The lowest BCUT2D eigenvalue weighted by Gasteiger charge is -2.14. The molecule has 0 bridgehead atoms. The van der Waals surface area contributed by atoms with Crippen LogP contribution in [0, 0.1) is 0 Å². The summed E-state index contributed by atoms with van der Waals surface area (Å²) in [5.41, 5.74) is -0.204. The Morgan fingerprint density at radius 1 is 1.53 bits per heavy atom. The number of ether oxygens (including phenoxy) is 1. The van der Waals surface area contributed by atoms with Crippen LogP contribution in [0.5, 0.6) is 0 Å². The van der Waals surface area contributed by atoms with Gasteiger partial charge in [0.25, 0.3) is 0 Å². The fourth-order valence-corrected chi connectivity index (χ4v) is 1.67. The fourth-order valence-electron chi connectivity index (χ4n) is 1.67. The molecule has 0 saturated carbocycles. The molecule has 0 unspecified atom stereocenters. The van der Waals surface area contributed by atoms with Crippen molar-refractivity contribution in [1.82, 2.24) is 25.5 Å². The van der Waals surface area contributed by atoms with Crippen LogP contribution < -0.4 is 5.32 Å². The highest BCUT2D eigenvalue weighted by atomic mass is 16.5. The van der Waals surface area contributed by atoms with E-state index < -0.39 is 6.10 Å². The zero-order valence-electron chi connectivity index (χ0n) is 11.3. The SMILES string of the molecule is CC(C)(C)c1nnn(CC(=O)N[C@@H]2COC[C@@H]2O)n1. The molecule has 0 radical (unpaired) electrons. The van der Waals surface area contributed by atoms with Gasteiger partial charge in [0.15, 0.2) is 5.82 Å². The van der Waals surface area contributed by atoms with Crippen LogP contribution in [0.25, 0.3) is 0 Å². The second-order valence-corrected chi connectivity index (χ2v) is 5.67. The number of aliphatic hydroxyl groups is 1. The van der Waals surface area contributed by atoms with Crippen molar-refractivity contribution in [1.29, 1.82) is 0 Å². The summed E-state index contributed by atoms with van der Waals surface area (Å²) in [5, 5.41) is 24.1. The molecule has 19 heavy (non-hydrogen) atoms. The summed E-state index contributed by atoms with van der Waals surface area (Å²) in [6.45, 7) is 6.47. The van der Waals surface area contributed by atoms with Gasteiger partial charge in [-0.2, -0.15) is 4.80 Å². The summed E-state index contributed by atoms with van der Waals surface area (Å²) in [4.78, 5) is 13.0. The third-order valence-electron chi connectivity index (χ3n) is 2.81. The molecule has 0 spiro atoms. The zero-order valence-corrected chi connectivity index (χ0v) is 11.3. The Bertz CT molecular complexity index is 453. The molecule has 106 valence electrons. The zero-order chi connectivity index (χ0) is 14.0. The summed E-state index contributed by atoms with van der Waals surface area (Å²) in [6.07, 6.45) is -0.655. The largest absolute Gasteiger partial charge is 0.388 e. The molecular formula is C11H19N5O3. The van der Waals surface area contributed by atoms with E-state index >= 15 is 0 Å². The van der Waals surface area contributed by atoms with E-state index in [1.54, 1.807) is 0 Å². The minimum absolute atomic E-state index is 0.0215. The summed E-state index contributed by atoms with van der Waals surface area (Å²) >= 11 is 0.